The van der Waals surface area contributed by atoms with Crippen molar-refractivity contribution in [3.63, 3.8) is 0 Å². The first-order chi connectivity index (χ1) is 13.3. The molecule has 2 aliphatic rings. The van der Waals surface area contributed by atoms with Crippen LogP contribution < -0.4 is 10.1 Å². The molecule has 8 heteroatoms. The molecular weight excluding hydrogens is 376 g/mol. The molecular formula is C20H32N4O3S. The van der Waals surface area contributed by atoms with Gasteiger partial charge in [-0.3, -0.25) is 4.99 Å². The van der Waals surface area contributed by atoms with Gasteiger partial charge in [-0.25, -0.2) is 13.4 Å². The SMILES string of the molecule is CN=C(NCc1ccnc(OC2CCCCC2)c1)N1CCS(=O)(=O)C(C)(C)C1. The molecule has 0 spiro atoms. The number of hydrogen-bond donors (Lipinski definition) is 1. The fraction of sp³-hybridized carbons (Fsp3) is 0.700. The quantitative estimate of drug-likeness (QED) is 0.608. The number of pyridine rings is 1. The third-order valence-electron chi connectivity index (χ3n) is 5.64. The molecule has 2 fully saturated rings. The molecule has 0 unspecified atom stereocenters. The number of ether oxygens (including phenoxy) is 1. The maximum Gasteiger partial charge on any atom is 0.213 e. The second-order valence-corrected chi connectivity index (χ2v) is 11.0. The average Bonchev–Trinajstić information content (AvgIpc) is 2.66. The van der Waals surface area contributed by atoms with Crippen molar-refractivity contribution in [3.05, 3.63) is 23.9 Å². The van der Waals surface area contributed by atoms with Crippen LogP contribution in [0.5, 0.6) is 5.88 Å². The van der Waals surface area contributed by atoms with Crippen molar-refractivity contribution in [2.24, 2.45) is 4.99 Å². The van der Waals surface area contributed by atoms with E-state index in [-0.39, 0.29) is 11.9 Å². The van der Waals surface area contributed by atoms with Gasteiger partial charge in [-0.1, -0.05) is 6.42 Å². The van der Waals surface area contributed by atoms with Crippen molar-refractivity contribution in [2.75, 3.05) is 25.9 Å². The highest BCUT2D eigenvalue weighted by molar-refractivity contribution is 7.92. The topological polar surface area (TPSA) is 83.9 Å². The summed E-state index contributed by atoms with van der Waals surface area (Å²) in [7, 11) is -1.35. The Labute approximate surface area is 168 Å². The molecule has 1 saturated carbocycles. The maximum absolute atomic E-state index is 12.2. The molecule has 156 valence electrons. The van der Waals surface area contributed by atoms with Crippen LogP contribution in [0.1, 0.15) is 51.5 Å². The molecule has 1 saturated heterocycles. The number of rotatable bonds is 4. The largest absolute Gasteiger partial charge is 0.474 e. The molecule has 0 bridgehead atoms. The van der Waals surface area contributed by atoms with Crippen LogP contribution in [0.25, 0.3) is 0 Å². The maximum atomic E-state index is 12.2. The first-order valence-electron chi connectivity index (χ1n) is 10.1. The first kappa shape index (κ1) is 20.9. The molecule has 1 aromatic rings. The number of aromatic nitrogens is 1. The summed E-state index contributed by atoms with van der Waals surface area (Å²) in [5, 5.41) is 3.35. The average molecular weight is 409 g/mol. The number of guanidine groups is 1. The van der Waals surface area contributed by atoms with E-state index in [2.05, 4.69) is 15.3 Å². The Kier molecular flexibility index (Phi) is 6.47. The van der Waals surface area contributed by atoms with Crippen LogP contribution in [0.4, 0.5) is 0 Å². The zero-order valence-electron chi connectivity index (χ0n) is 17.1. The van der Waals surface area contributed by atoms with Crippen LogP contribution in [-0.4, -0.2) is 61.0 Å². The van der Waals surface area contributed by atoms with E-state index in [1.54, 1.807) is 27.1 Å². The summed E-state index contributed by atoms with van der Waals surface area (Å²) in [6, 6.07) is 3.93. The summed E-state index contributed by atoms with van der Waals surface area (Å²) in [6.07, 6.45) is 8.00. The molecule has 0 atom stereocenters. The minimum Gasteiger partial charge on any atom is -0.474 e. The van der Waals surface area contributed by atoms with Gasteiger partial charge in [0.1, 0.15) is 6.10 Å². The lowest BCUT2D eigenvalue weighted by Gasteiger charge is -2.39. The van der Waals surface area contributed by atoms with Gasteiger partial charge in [0.2, 0.25) is 5.88 Å². The Morgan fingerprint density at radius 2 is 2.11 bits per heavy atom. The first-order valence-corrected chi connectivity index (χ1v) is 11.8. The van der Waals surface area contributed by atoms with Gasteiger partial charge in [-0.2, -0.15) is 0 Å². The third kappa shape index (κ3) is 4.96. The van der Waals surface area contributed by atoms with E-state index in [4.69, 9.17) is 4.74 Å². The van der Waals surface area contributed by atoms with Gasteiger partial charge in [-0.05, 0) is 51.2 Å². The van der Waals surface area contributed by atoms with Crippen LogP contribution in [0, 0.1) is 0 Å². The molecule has 0 aromatic carbocycles. The van der Waals surface area contributed by atoms with Gasteiger partial charge in [-0.15, -0.1) is 0 Å². The smallest absolute Gasteiger partial charge is 0.213 e. The fourth-order valence-electron chi connectivity index (χ4n) is 3.82. The van der Waals surface area contributed by atoms with E-state index in [0.717, 1.165) is 24.4 Å². The van der Waals surface area contributed by atoms with Crippen molar-refractivity contribution in [1.82, 2.24) is 15.2 Å². The summed E-state index contributed by atoms with van der Waals surface area (Å²) in [4.78, 5) is 10.7. The molecule has 1 aliphatic heterocycles. The Bertz CT molecular complexity index is 801. The van der Waals surface area contributed by atoms with Gasteiger partial charge >= 0.3 is 0 Å². The second-order valence-electron chi connectivity index (χ2n) is 8.28. The van der Waals surface area contributed by atoms with E-state index in [1.165, 1.54) is 19.3 Å². The van der Waals surface area contributed by atoms with Crippen molar-refractivity contribution >= 4 is 15.8 Å². The Morgan fingerprint density at radius 3 is 2.79 bits per heavy atom. The molecule has 0 radical (unpaired) electrons. The zero-order valence-corrected chi connectivity index (χ0v) is 18.0. The van der Waals surface area contributed by atoms with Crippen LogP contribution in [0.3, 0.4) is 0 Å². The summed E-state index contributed by atoms with van der Waals surface area (Å²) in [6.45, 7) is 5.03. The summed E-state index contributed by atoms with van der Waals surface area (Å²) in [5.41, 5.74) is 1.06. The van der Waals surface area contributed by atoms with Gasteiger partial charge in [0.25, 0.3) is 0 Å². The number of hydrogen-bond acceptors (Lipinski definition) is 5. The molecule has 0 amide bonds. The number of nitrogens with one attached hydrogen (secondary N) is 1. The zero-order chi connectivity index (χ0) is 20.2. The van der Waals surface area contributed by atoms with Crippen molar-refractivity contribution in [1.29, 1.82) is 0 Å². The van der Waals surface area contributed by atoms with E-state index in [0.29, 0.717) is 25.5 Å². The van der Waals surface area contributed by atoms with Gasteiger partial charge < -0.3 is 15.0 Å². The van der Waals surface area contributed by atoms with Gasteiger partial charge in [0.05, 0.1) is 10.5 Å². The number of nitrogens with zero attached hydrogens (tertiary/aromatic N) is 3. The van der Waals surface area contributed by atoms with Crippen molar-refractivity contribution in [2.45, 2.75) is 63.3 Å². The predicted octanol–water partition coefficient (Wildman–Crippen LogP) is 2.38. The lowest BCUT2D eigenvalue weighted by molar-refractivity contribution is 0.148. The van der Waals surface area contributed by atoms with Crippen molar-refractivity contribution in [3.8, 4) is 5.88 Å². The fourth-order valence-corrected chi connectivity index (χ4v) is 5.18. The highest BCUT2D eigenvalue weighted by atomic mass is 32.2. The Hall–Kier alpha value is -1.83. The normalized spacial score (nSPS) is 22.7. The van der Waals surface area contributed by atoms with Gasteiger partial charge in [0.15, 0.2) is 15.8 Å². The molecule has 1 N–H and O–H groups in total. The van der Waals surface area contributed by atoms with E-state index < -0.39 is 14.6 Å². The molecule has 2 heterocycles. The van der Waals surface area contributed by atoms with Crippen LogP contribution >= 0.6 is 0 Å². The Morgan fingerprint density at radius 1 is 1.36 bits per heavy atom. The van der Waals surface area contributed by atoms with Crippen molar-refractivity contribution < 1.29 is 13.2 Å². The number of sulfone groups is 1. The molecule has 1 aliphatic carbocycles. The molecule has 28 heavy (non-hydrogen) atoms. The molecule has 7 nitrogen and oxygen atoms in total. The molecule has 3 rings (SSSR count). The highest BCUT2D eigenvalue weighted by Crippen LogP contribution is 2.24. The summed E-state index contributed by atoms with van der Waals surface area (Å²) >= 11 is 0. The third-order valence-corrected chi connectivity index (χ3v) is 8.18. The molecule has 1 aromatic heterocycles. The second kappa shape index (κ2) is 8.68. The standard InChI is InChI=1S/C20H32N4O3S/c1-20(2)15-24(11-12-28(20,25)26)19(21-3)23-14-16-9-10-22-18(13-16)27-17-7-5-4-6-8-17/h9-10,13,17H,4-8,11-12,14-15H2,1-3H3,(H,21,23). The van der Waals surface area contributed by atoms with Gasteiger partial charge in [0, 0.05) is 38.9 Å². The van der Waals surface area contributed by atoms with E-state index >= 15 is 0 Å². The van der Waals surface area contributed by atoms with E-state index in [1.807, 2.05) is 17.0 Å². The summed E-state index contributed by atoms with van der Waals surface area (Å²) in [5.74, 6) is 1.54. The predicted molar refractivity (Wildman–Crippen MR) is 111 cm³/mol. The lowest BCUT2D eigenvalue weighted by atomic mass is 9.98. The van der Waals surface area contributed by atoms with E-state index in [9.17, 15) is 8.42 Å². The highest BCUT2D eigenvalue weighted by Gasteiger charge is 2.40. The van der Waals surface area contributed by atoms with Crippen LogP contribution in [0.2, 0.25) is 0 Å². The van der Waals surface area contributed by atoms with Crippen LogP contribution in [-0.2, 0) is 16.4 Å². The number of aliphatic imine (C=N–C) groups is 1. The minimum atomic E-state index is -3.07. The van der Waals surface area contributed by atoms with Crippen LogP contribution in [0.15, 0.2) is 23.3 Å². The Balaban J connectivity index is 1.59. The lowest BCUT2D eigenvalue weighted by Crippen LogP contribution is -2.57. The minimum absolute atomic E-state index is 0.148. The summed E-state index contributed by atoms with van der Waals surface area (Å²) < 4.78 is 29.7. The monoisotopic (exact) mass is 408 g/mol.